The van der Waals surface area contributed by atoms with Gasteiger partial charge in [0.15, 0.2) is 0 Å². The number of hydrogen-bond donors (Lipinski definition) is 4. The molecule has 0 spiro atoms. The van der Waals surface area contributed by atoms with Crippen molar-refractivity contribution in [1.29, 1.82) is 0 Å². The summed E-state index contributed by atoms with van der Waals surface area (Å²) in [6.45, 7) is 1.53. The monoisotopic (exact) mass is 172 g/mol. The average molecular weight is 172 g/mol. The summed E-state index contributed by atoms with van der Waals surface area (Å²) in [5.41, 5.74) is 0. The van der Waals surface area contributed by atoms with Crippen LogP contribution in [0, 0.1) is 0 Å². The second kappa shape index (κ2) is 4.68. The van der Waals surface area contributed by atoms with Gasteiger partial charge in [0, 0.05) is 13.1 Å². The molecule has 2 amide bonds. The van der Waals surface area contributed by atoms with E-state index in [9.17, 15) is 9.59 Å². The third kappa shape index (κ3) is 2.18. The topological polar surface area (TPSA) is 82.3 Å². The molecular weight excluding hydrogens is 160 g/mol. The largest absolute Gasteiger partial charge is 0.340 e. The number of carbonyl (C=O) groups is 2. The molecular formula is C6H12N4O2. The van der Waals surface area contributed by atoms with Gasteiger partial charge in [0.05, 0.1) is 0 Å². The molecule has 12 heavy (non-hydrogen) atoms. The lowest BCUT2D eigenvalue weighted by Crippen LogP contribution is -2.66. The standard InChI is InChI=1S/C6H12N4O2/c11-3-9-5-6(10-4-12)8-2-1-7-5/h3-8H,1-2H2,(H,9,11)(H,10,12)/t5-,6+. The first kappa shape index (κ1) is 8.95. The molecule has 1 saturated heterocycles. The molecule has 68 valence electrons. The van der Waals surface area contributed by atoms with Crippen LogP contribution >= 0.6 is 0 Å². The maximum atomic E-state index is 10.1. The van der Waals surface area contributed by atoms with Gasteiger partial charge in [-0.2, -0.15) is 0 Å². The summed E-state index contributed by atoms with van der Waals surface area (Å²) >= 11 is 0. The van der Waals surface area contributed by atoms with Crippen molar-refractivity contribution in [3.8, 4) is 0 Å². The fourth-order valence-corrected chi connectivity index (χ4v) is 1.15. The van der Waals surface area contributed by atoms with E-state index in [0.717, 1.165) is 13.1 Å². The van der Waals surface area contributed by atoms with Gasteiger partial charge in [0.2, 0.25) is 12.8 Å². The molecule has 6 heteroatoms. The van der Waals surface area contributed by atoms with Gasteiger partial charge in [-0.3, -0.25) is 20.2 Å². The molecule has 0 radical (unpaired) electrons. The third-order valence-corrected chi connectivity index (χ3v) is 1.68. The fourth-order valence-electron chi connectivity index (χ4n) is 1.15. The summed E-state index contributed by atoms with van der Waals surface area (Å²) in [6, 6.07) is 0. The minimum absolute atomic E-state index is 0.235. The third-order valence-electron chi connectivity index (χ3n) is 1.68. The van der Waals surface area contributed by atoms with Crippen LogP contribution in [0.3, 0.4) is 0 Å². The Bertz CT molecular complexity index is 146. The predicted molar refractivity (Wildman–Crippen MR) is 42.0 cm³/mol. The van der Waals surface area contributed by atoms with Crippen molar-refractivity contribution < 1.29 is 9.59 Å². The molecule has 6 nitrogen and oxygen atoms in total. The molecule has 0 aromatic carbocycles. The van der Waals surface area contributed by atoms with Gasteiger partial charge in [-0.1, -0.05) is 0 Å². The Morgan fingerprint density at radius 3 is 1.75 bits per heavy atom. The van der Waals surface area contributed by atoms with Gasteiger partial charge in [-0.25, -0.2) is 0 Å². The Morgan fingerprint density at radius 2 is 1.42 bits per heavy atom. The van der Waals surface area contributed by atoms with Crippen molar-refractivity contribution >= 4 is 12.8 Å². The highest BCUT2D eigenvalue weighted by Crippen LogP contribution is 1.89. The Hall–Kier alpha value is -1.14. The van der Waals surface area contributed by atoms with Crippen LogP contribution in [0.25, 0.3) is 0 Å². The molecule has 1 aliphatic rings. The predicted octanol–water partition coefficient (Wildman–Crippen LogP) is -2.68. The van der Waals surface area contributed by atoms with Crippen molar-refractivity contribution in [3.05, 3.63) is 0 Å². The first-order chi connectivity index (χ1) is 5.88. The summed E-state index contributed by atoms with van der Waals surface area (Å²) in [6.07, 6.45) is 0.733. The molecule has 2 atom stereocenters. The number of amides is 2. The molecule has 4 N–H and O–H groups in total. The van der Waals surface area contributed by atoms with E-state index in [1.165, 1.54) is 0 Å². The quantitative estimate of drug-likeness (QED) is 0.348. The summed E-state index contributed by atoms with van der Waals surface area (Å²) in [5.74, 6) is 0. The average Bonchev–Trinajstić information content (AvgIpc) is 2.09. The highest BCUT2D eigenvalue weighted by atomic mass is 16.1. The van der Waals surface area contributed by atoms with Crippen molar-refractivity contribution in [2.75, 3.05) is 13.1 Å². The van der Waals surface area contributed by atoms with Gasteiger partial charge in [-0.05, 0) is 0 Å². The highest BCUT2D eigenvalue weighted by Gasteiger charge is 2.22. The number of rotatable bonds is 4. The van der Waals surface area contributed by atoms with Crippen molar-refractivity contribution in [3.63, 3.8) is 0 Å². The number of nitrogens with one attached hydrogen (secondary N) is 4. The maximum absolute atomic E-state index is 10.1. The fraction of sp³-hybridized carbons (Fsp3) is 0.667. The van der Waals surface area contributed by atoms with Crippen LogP contribution in [-0.4, -0.2) is 38.2 Å². The summed E-state index contributed by atoms with van der Waals surface area (Å²) < 4.78 is 0. The molecule has 0 aliphatic carbocycles. The molecule has 0 unspecified atom stereocenters. The van der Waals surface area contributed by atoms with Crippen molar-refractivity contribution in [1.82, 2.24) is 21.3 Å². The van der Waals surface area contributed by atoms with E-state index in [1.807, 2.05) is 0 Å². The van der Waals surface area contributed by atoms with E-state index in [1.54, 1.807) is 0 Å². The minimum atomic E-state index is -0.235. The van der Waals surface area contributed by atoms with E-state index in [-0.39, 0.29) is 12.3 Å². The Labute approximate surface area is 70.1 Å². The van der Waals surface area contributed by atoms with E-state index in [2.05, 4.69) is 21.3 Å². The first-order valence-corrected chi connectivity index (χ1v) is 3.74. The second-order valence-corrected chi connectivity index (χ2v) is 2.43. The zero-order chi connectivity index (χ0) is 8.81. The lowest BCUT2D eigenvalue weighted by molar-refractivity contribution is -0.113. The molecule has 1 rings (SSSR count). The molecule has 0 aromatic rings. The van der Waals surface area contributed by atoms with Gasteiger partial charge >= 0.3 is 0 Å². The summed E-state index contributed by atoms with van der Waals surface area (Å²) in [7, 11) is 0. The maximum Gasteiger partial charge on any atom is 0.208 e. The Kier molecular flexibility index (Phi) is 3.49. The van der Waals surface area contributed by atoms with E-state index < -0.39 is 0 Å². The smallest absolute Gasteiger partial charge is 0.208 e. The lowest BCUT2D eigenvalue weighted by Gasteiger charge is -2.32. The Morgan fingerprint density at radius 1 is 1.00 bits per heavy atom. The summed E-state index contributed by atoms with van der Waals surface area (Å²) in [4.78, 5) is 20.3. The van der Waals surface area contributed by atoms with Crippen LogP contribution in [0.5, 0.6) is 0 Å². The van der Waals surface area contributed by atoms with E-state index in [0.29, 0.717) is 12.8 Å². The van der Waals surface area contributed by atoms with Gasteiger partial charge in [-0.15, -0.1) is 0 Å². The minimum Gasteiger partial charge on any atom is -0.340 e. The first-order valence-electron chi connectivity index (χ1n) is 3.74. The molecule has 0 bridgehead atoms. The molecule has 1 aliphatic heterocycles. The van der Waals surface area contributed by atoms with Crippen LogP contribution in [0.15, 0.2) is 0 Å². The lowest BCUT2D eigenvalue weighted by atomic mass is 10.3. The normalized spacial score (nSPS) is 29.0. The molecule has 0 saturated carbocycles. The zero-order valence-electron chi connectivity index (χ0n) is 6.54. The van der Waals surface area contributed by atoms with Crippen molar-refractivity contribution in [2.45, 2.75) is 12.3 Å². The zero-order valence-corrected chi connectivity index (χ0v) is 6.54. The van der Waals surface area contributed by atoms with Crippen molar-refractivity contribution in [2.24, 2.45) is 0 Å². The highest BCUT2D eigenvalue weighted by molar-refractivity contribution is 5.49. The van der Waals surface area contributed by atoms with Gasteiger partial charge < -0.3 is 10.6 Å². The number of hydrogen-bond acceptors (Lipinski definition) is 4. The van der Waals surface area contributed by atoms with E-state index >= 15 is 0 Å². The SMILES string of the molecule is O=CN[C@@H]1NCCN[C@@H]1NC=O. The second-order valence-electron chi connectivity index (χ2n) is 2.43. The molecule has 1 fully saturated rings. The number of piperazine rings is 1. The van der Waals surface area contributed by atoms with Crippen LogP contribution < -0.4 is 21.3 Å². The number of carbonyl (C=O) groups excluding carboxylic acids is 2. The van der Waals surface area contributed by atoms with Crippen LogP contribution in [-0.2, 0) is 9.59 Å². The molecule has 1 heterocycles. The van der Waals surface area contributed by atoms with Gasteiger partial charge in [0.1, 0.15) is 12.3 Å². The van der Waals surface area contributed by atoms with Crippen LogP contribution in [0.2, 0.25) is 0 Å². The van der Waals surface area contributed by atoms with Gasteiger partial charge in [0.25, 0.3) is 0 Å². The Balaban J connectivity index is 2.41. The summed E-state index contributed by atoms with van der Waals surface area (Å²) in [5, 5.41) is 11.1. The van der Waals surface area contributed by atoms with Crippen LogP contribution in [0.1, 0.15) is 0 Å². The molecule has 0 aromatic heterocycles. The van der Waals surface area contributed by atoms with Crippen LogP contribution in [0.4, 0.5) is 0 Å². The van der Waals surface area contributed by atoms with E-state index in [4.69, 9.17) is 0 Å².